The van der Waals surface area contributed by atoms with Crippen LogP contribution in [0, 0.1) is 11.8 Å². The fourth-order valence-corrected chi connectivity index (χ4v) is 8.43. The minimum atomic E-state index is -0.655. The predicted molar refractivity (Wildman–Crippen MR) is 188 cm³/mol. The molecule has 2 aliphatic carbocycles. The zero-order valence-electron chi connectivity index (χ0n) is 29.1. The summed E-state index contributed by atoms with van der Waals surface area (Å²) < 4.78 is 1.85. The number of piperidine rings is 1. The third kappa shape index (κ3) is 8.26. The average molecular weight is 658 g/mol. The van der Waals surface area contributed by atoms with Crippen molar-refractivity contribution in [2.75, 3.05) is 25.0 Å². The van der Waals surface area contributed by atoms with E-state index in [0.29, 0.717) is 31.0 Å². The van der Waals surface area contributed by atoms with Gasteiger partial charge in [0.25, 0.3) is 0 Å². The molecule has 0 spiro atoms. The van der Waals surface area contributed by atoms with Crippen LogP contribution >= 0.6 is 0 Å². The van der Waals surface area contributed by atoms with Crippen molar-refractivity contribution in [1.29, 1.82) is 0 Å². The number of rotatable bonds is 13. The summed E-state index contributed by atoms with van der Waals surface area (Å²) in [4.78, 5) is 24.3. The summed E-state index contributed by atoms with van der Waals surface area (Å²) in [5.41, 5.74) is 4.16. The van der Waals surface area contributed by atoms with Gasteiger partial charge in [-0.05, 0) is 94.6 Å². The van der Waals surface area contributed by atoms with Gasteiger partial charge >= 0.3 is 5.97 Å². The number of carboxylic acids is 1. The fraction of sp³-hybridized carbons (Fsp3) is 0.632. The van der Waals surface area contributed by atoms with E-state index in [4.69, 9.17) is 9.97 Å². The molecule has 6 rings (SSSR count). The van der Waals surface area contributed by atoms with Gasteiger partial charge in [-0.1, -0.05) is 44.2 Å². The largest absolute Gasteiger partial charge is 0.481 e. The number of aliphatic carboxylic acids is 1. The van der Waals surface area contributed by atoms with Crippen LogP contribution in [0.5, 0.6) is 0 Å². The van der Waals surface area contributed by atoms with Crippen LogP contribution in [0.4, 0.5) is 5.82 Å². The van der Waals surface area contributed by atoms with Crippen LogP contribution in [0.3, 0.4) is 0 Å². The second-order valence-corrected chi connectivity index (χ2v) is 14.7. The van der Waals surface area contributed by atoms with E-state index in [1.165, 1.54) is 11.1 Å². The second kappa shape index (κ2) is 15.5. The van der Waals surface area contributed by atoms with Crippen LogP contribution in [-0.4, -0.2) is 72.1 Å². The number of benzene rings is 1. The lowest BCUT2D eigenvalue weighted by Gasteiger charge is -2.40. The molecule has 0 amide bonds. The lowest BCUT2D eigenvalue weighted by molar-refractivity contribution is -0.143. The zero-order valence-corrected chi connectivity index (χ0v) is 29.1. The van der Waals surface area contributed by atoms with Crippen molar-refractivity contribution in [1.82, 2.24) is 30.0 Å². The highest BCUT2D eigenvalue weighted by Gasteiger charge is 2.34. The minimum Gasteiger partial charge on any atom is -0.481 e. The van der Waals surface area contributed by atoms with E-state index in [2.05, 4.69) is 71.0 Å². The number of hydrogen-bond acceptors (Lipinski definition) is 8. The fourth-order valence-electron chi connectivity index (χ4n) is 8.43. The van der Waals surface area contributed by atoms with Gasteiger partial charge in [0.1, 0.15) is 11.6 Å². The highest BCUT2D eigenvalue weighted by atomic mass is 16.4. The third-order valence-corrected chi connectivity index (χ3v) is 11.4. The van der Waals surface area contributed by atoms with Gasteiger partial charge in [0, 0.05) is 49.2 Å². The number of nitrogens with zero attached hydrogens (tertiary/aromatic N) is 5. The lowest BCUT2D eigenvalue weighted by atomic mass is 9.78. The number of aliphatic hydroxyl groups is 1. The first kappa shape index (κ1) is 34.5. The van der Waals surface area contributed by atoms with Gasteiger partial charge in [0.15, 0.2) is 0 Å². The van der Waals surface area contributed by atoms with E-state index in [0.717, 1.165) is 107 Å². The standard InChI is InChI=1S/C38H55N7O3/c1-4-32(27-12-14-28(15-13-27)37(46)47)39-22-35-41-33-17-16-29(26-10-7-6-8-11-26)20-31(33)36(43-35)42-34(30-21-40-44(3)23-30)24-45-19-9-18-38(48,5-2)25-45/h6-8,10-11,21,23,27-29,32,34,39,48H,4-5,9,12-20,22,24-25H2,1-3H3,(H,46,47)(H,41,42,43)/t27?,28?,29-,32-,34+,38-/m1/s1. The van der Waals surface area contributed by atoms with Crippen LogP contribution < -0.4 is 10.6 Å². The Kier molecular flexibility index (Phi) is 11.1. The summed E-state index contributed by atoms with van der Waals surface area (Å²) in [6.45, 7) is 7.25. The Labute approximate surface area is 285 Å². The van der Waals surface area contributed by atoms with Crippen LogP contribution in [0.1, 0.15) is 112 Å². The molecule has 0 bridgehead atoms. The summed E-state index contributed by atoms with van der Waals surface area (Å²) in [6, 6.07) is 11.1. The molecular formula is C38H55N7O3. The Hall–Kier alpha value is -3.34. The van der Waals surface area contributed by atoms with Crippen molar-refractivity contribution in [3.05, 3.63) is 70.9 Å². The van der Waals surface area contributed by atoms with Gasteiger partial charge in [0.2, 0.25) is 0 Å². The molecule has 0 unspecified atom stereocenters. The maximum absolute atomic E-state index is 11.5. The number of anilines is 1. The van der Waals surface area contributed by atoms with E-state index in [9.17, 15) is 15.0 Å². The Morgan fingerprint density at radius 1 is 1.10 bits per heavy atom. The Bertz CT molecular complexity index is 1510. The number of aryl methyl sites for hydroxylation is 2. The molecule has 3 aliphatic rings. The van der Waals surface area contributed by atoms with E-state index in [1.54, 1.807) is 0 Å². The first-order valence-corrected chi connectivity index (χ1v) is 18.3. The number of carbonyl (C=O) groups is 1. The number of aromatic nitrogens is 4. The van der Waals surface area contributed by atoms with Crippen molar-refractivity contribution >= 4 is 11.8 Å². The summed E-state index contributed by atoms with van der Waals surface area (Å²) in [5, 5.41) is 32.9. The molecule has 1 aliphatic heterocycles. The van der Waals surface area contributed by atoms with Gasteiger partial charge in [-0.15, -0.1) is 0 Å². The van der Waals surface area contributed by atoms with Crippen LogP contribution in [0.15, 0.2) is 42.7 Å². The number of nitrogens with one attached hydrogen (secondary N) is 2. The lowest BCUT2D eigenvalue weighted by Crippen LogP contribution is -2.49. The van der Waals surface area contributed by atoms with Crippen molar-refractivity contribution in [3.8, 4) is 0 Å². The third-order valence-electron chi connectivity index (χ3n) is 11.4. The number of β-amino-alcohol motifs (C(OH)–C–C–N with tert-alkyl or cyclic N) is 1. The van der Waals surface area contributed by atoms with Gasteiger partial charge in [-0.25, -0.2) is 9.97 Å². The molecule has 260 valence electrons. The molecule has 3 aromatic rings. The molecule has 1 saturated carbocycles. The van der Waals surface area contributed by atoms with E-state index < -0.39 is 11.6 Å². The summed E-state index contributed by atoms with van der Waals surface area (Å²) in [6.07, 6.45) is 13.9. The van der Waals surface area contributed by atoms with Crippen LogP contribution in [0.2, 0.25) is 0 Å². The number of hydrogen-bond donors (Lipinski definition) is 4. The SMILES string of the molecule is CC[C@@H](NCc1nc2c(c(N[C@@H](CN3CCC[C@](O)(CC)C3)c3cnn(C)c3)n1)C[C@H](c1ccccc1)CC2)C1CCC(C(=O)O)CC1. The number of carboxylic acid groups (broad SMARTS) is 1. The van der Waals surface area contributed by atoms with Crippen molar-refractivity contribution in [2.24, 2.45) is 18.9 Å². The van der Waals surface area contributed by atoms with Crippen molar-refractivity contribution in [3.63, 3.8) is 0 Å². The zero-order chi connectivity index (χ0) is 33.7. The molecule has 4 atom stereocenters. The normalized spacial score (nSPS) is 26.0. The Balaban J connectivity index is 1.26. The summed E-state index contributed by atoms with van der Waals surface area (Å²) in [7, 11) is 1.95. The van der Waals surface area contributed by atoms with E-state index in [-0.39, 0.29) is 12.0 Å². The second-order valence-electron chi connectivity index (χ2n) is 14.7. The van der Waals surface area contributed by atoms with Crippen molar-refractivity contribution in [2.45, 2.75) is 115 Å². The monoisotopic (exact) mass is 657 g/mol. The molecule has 48 heavy (non-hydrogen) atoms. The highest BCUT2D eigenvalue weighted by Crippen LogP contribution is 2.37. The van der Waals surface area contributed by atoms with Crippen molar-refractivity contribution < 1.29 is 15.0 Å². The number of fused-ring (bicyclic) bond motifs is 1. The number of likely N-dealkylation sites (tertiary alicyclic amines) is 1. The Morgan fingerprint density at radius 3 is 2.58 bits per heavy atom. The first-order chi connectivity index (χ1) is 23.2. The van der Waals surface area contributed by atoms with E-state index >= 15 is 0 Å². The van der Waals surface area contributed by atoms with Crippen LogP contribution in [-0.2, 0) is 31.2 Å². The summed E-state index contributed by atoms with van der Waals surface area (Å²) >= 11 is 0. The van der Waals surface area contributed by atoms with Gasteiger partial charge in [0.05, 0.1) is 30.3 Å². The van der Waals surface area contributed by atoms with Gasteiger partial charge in [-0.3, -0.25) is 14.4 Å². The van der Waals surface area contributed by atoms with E-state index in [1.807, 2.05) is 17.9 Å². The molecule has 2 fully saturated rings. The molecule has 10 nitrogen and oxygen atoms in total. The average Bonchev–Trinajstić information content (AvgIpc) is 3.55. The Morgan fingerprint density at radius 2 is 1.90 bits per heavy atom. The minimum absolute atomic E-state index is 0.0531. The summed E-state index contributed by atoms with van der Waals surface area (Å²) in [5.74, 6) is 1.73. The molecule has 3 heterocycles. The molecule has 4 N–H and O–H groups in total. The smallest absolute Gasteiger partial charge is 0.306 e. The maximum Gasteiger partial charge on any atom is 0.306 e. The molecule has 1 saturated heterocycles. The topological polar surface area (TPSA) is 128 Å². The maximum atomic E-state index is 11.5. The van der Waals surface area contributed by atoms with Gasteiger partial charge in [-0.2, -0.15) is 5.10 Å². The predicted octanol–water partition coefficient (Wildman–Crippen LogP) is 5.63. The molecule has 1 aromatic carbocycles. The molecule has 2 aromatic heterocycles. The molecular weight excluding hydrogens is 602 g/mol. The highest BCUT2D eigenvalue weighted by molar-refractivity contribution is 5.70. The van der Waals surface area contributed by atoms with Gasteiger partial charge < -0.3 is 20.8 Å². The van der Waals surface area contributed by atoms with Crippen LogP contribution in [0.25, 0.3) is 0 Å². The molecule has 10 heteroatoms. The quantitative estimate of drug-likeness (QED) is 0.185. The molecule has 0 radical (unpaired) electrons. The first-order valence-electron chi connectivity index (χ1n) is 18.3.